The maximum absolute atomic E-state index is 6.07. The third-order valence-electron chi connectivity index (χ3n) is 2.67. The van der Waals surface area contributed by atoms with E-state index in [0.29, 0.717) is 23.3 Å². The highest BCUT2D eigenvalue weighted by Gasteiger charge is 2.05. The van der Waals surface area contributed by atoms with Crippen molar-refractivity contribution in [2.45, 2.75) is 20.4 Å². The Morgan fingerprint density at radius 3 is 2.84 bits per heavy atom. The molecule has 2 N–H and O–H groups in total. The minimum absolute atomic E-state index is 0.503. The number of nitrogens with one attached hydrogen (secondary N) is 2. The summed E-state index contributed by atoms with van der Waals surface area (Å²) in [6.07, 6.45) is 5.20. The van der Waals surface area contributed by atoms with Crippen LogP contribution in [0.1, 0.15) is 18.1 Å². The Labute approximate surface area is 117 Å². The zero-order valence-electron chi connectivity index (χ0n) is 10.9. The molecule has 0 atom stereocenters. The lowest BCUT2D eigenvalue weighted by Gasteiger charge is -2.10. The highest BCUT2D eigenvalue weighted by molar-refractivity contribution is 6.32. The van der Waals surface area contributed by atoms with Crippen LogP contribution in [0, 0.1) is 6.92 Å². The van der Waals surface area contributed by atoms with Gasteiger partial charge in [-0.15, -0.1) is 0 Å². The van der Waals surface area contributed by atoms with Crippen molar-refractivity contribution in [3.05, 3.63) is 40.8 Å². The van der Waals surface area contributed by atoms with Gasteiger partial charge in [-0.25, -0.2) is 4.98 Å². The van der Waals surface area contributed by atoms with E-state index in [9.17, 15) is 0 Å². The number of hydrogen-bond donors (Lipinski definition) is 2. The van der Waals surface area contributed by atoms with Crippen LogP contribution >= 0.6 is 11.6 Å². The third kappa shape index (κ3) is 3.54. The Balaban J connectivity index is 2.10. The summed E-state index contributed by atoms with van der Waals surface area (Å²) in [6.45, 7) is 5.43. The smallest absolute Gasteiger partial charge is 0.224 e. The first-order chi connectivity index (χ1) is 9.20. The predicted octanol–water partition coefficient (Wildman–Crippen LogP) is 2.88. The first-order valence-electron chi connectivity index (χ1n) is 6.10. The number of halogens is 1. The van der Waals surface area contributed by atoms with E-state index < -0.39 is 0 Å². The summed E-state index contributed by atoms with van der Waals surface area (Å²) in [5.41, 5.74) is 2.29. The molecule has 6 heteroatoms. The van der Waals surface area contributed by atoms with Gasteiger partial charge in [0.25, 0.3) is 0 Å². The molecule has 0 aromatic carbocycles. The van der Waals surface area contributed by atoms with Crippen molar-refractivity contribution in [2.24, 2.45) is 0 Å². The van der Waals surface area contributed by atoms with Gasteiger partial charge in [-0.2, -0.15) is 4.98 Å². The van der Waals surface area contributed by atoms with Gasteiger partial charge in [0.1, 0.15) is 5.02 Å². The zero-order valence-corrected chi connectivity index (χ0v) is 11.7. The second-order valence-electron chi connectivity index (χ2n) is 4.08. The summed E-state index contributed by atoms with van der Waals surface area (Å²) >= 11 is 6.07. The summed E-state index contributed by atoms with van der Waals surface area (Å²) < 4.78 is 0. The van der Waals surface area contributed by atoms with Gasteiger partial charge in [-0.1, -0.05) is 11.6 Å². The molecule has 0 bridgehead atoms. The van der Waals surface area contributed by atoms with Crippen LogP contribution in [-0.4, -0.2) is 21.5 Å². The van der Waals surface area contributed by atoms with E-state index in [1.807, 2.05) is 26.1 Å². The monoisotopic (exact) mass is 277 g/mol. The van der Waals surface area contributed by atoms with Crippen LogP contribution in [0.5, 0.6) is 0 Å². The van der Waals surface area contributed by atoms with Gasteiger partial charge in [-0.3, -0.25) is 4.98 Å². The second kappa shape index (κ2) is 6.33. The molecule has 0 saturated heterocycles. The van der Waals surface area contributed by atoms with Gasteiger partial charge in [-0.05, 0) is 31.0 Å². The number of aryl methyl sites for hydroxylation is 1. The summed E-state index contributed by atoms with van der Waals surface area (Å²) in [7, 11) is 0. The fourth-order valence-corrected chi connectivity index (χ4v) is 1.75. The fraction of sp³-hybridized carbons (Fsp3) is 0.308. The Morgan fingerprint density at radius 2 is 2.11 bits per heavy atom. The molecule has 2 aromatic heterocycles. The van der Waals surface area contributed by atoms with E-state index in [1.165, 1.54) is 5.56 Å². The molecule has 0 aliphatic rings. The molecule has 0 unspecified atom stereocenters. The molecule has 19 heavy (non-hydrogen) atoms. The van der Waals surface area contributed by atoms with E-state index >= 15 is 0 Å². The Bertz CT molecular complexity index is 558. The first kappa shape index (κ1) is 13.5. The number of pyridine rings is 1. The van der Waals surface area contributed by atoms with Crippen LogP contribution in [0.15, 0.2) is 24.7 Å². The average molecular weight is 278 g/mol. The Kier molecular flexibility index (Phi) is 4.52. The Morgan fingerprint density at radius 1 is 1.26 bits per heavy atom. The zero-order chi connectivity index (χ0) is 13.7. The molecule has 0 spiro atoms. The van der Waals surface area contributed by atoms with Gasteiger partial charge in [0.15, 0.2) is 5.82 Å². The van der Waals surface area contributed by atoms with Crippen molar-refractivity contribution in [3.63, 3.8) is 0 Å². The first-order valence-corrected chi connectivity index (χ1v) is 6.48. The van der Waals surface area contributed by atoms with E-state index in [-0.39, 0.29) is 0 Å². The molecule has 0 amide bonds. The molecule has 100 valence electrons. The van der Waals surface area contributed by atoms with E-state index in [4.69, 9.17) is 11.6 Å². The van der Waals surface area contributed by atoms with Crippen LogP contribution in [0.25, 0.3) is 0 Å². The van der Waals surface area contributed by atoms with E-state index in [1.54, 1.807) is 12.4 Å². The number of aromatic nitrogens is 3. The van der Waals surface area contributed by atoms with Gasteiger partial charge < -0.3 is 10.6 Å². The van der Waals surface area contributed by atoms with Crippen molar-refractivity contribution >= 4 is 23.4 Å². The minimum atomic E-state index is 0.503. The van der Waals surface area contributed by atoms with Crippen molar-refractivity contribution < 1.29 is 0 Å². The normalized spacial score (nSPS) is 10.3. The van der Waals surface area contributed by atoms with E-state index in [2.05, 4.69) is 25.6 Å². The van der Waals surface area contributed by atoms with Gasteiger partial charge in [0, 0.05) is 25.5 Å². The highest BCUT2D eigenvalue weighted by atomic mass is 35.5. The lowest BCUT2D eigenvalue weighted by atomic mass is 10.1. The molecular weight excluding hydrogens is 262 g/mol. The second-order valence-corrected chi connectivity index (χ2v) is 4.48. The van der Waals surface area contributed by atoms with Crippen molar-refractivity contribution in [3.8, 4) is 0 Å². The van der Waals surface area contributed by atoms with Gasteiger partial charge in [0.2, 0.25) is 5.95 Å². The quantitative estimate of drug-likeness (QED) is 0.880. The topological polar surface area (TPSA) is 62.7 Å². The average Bonchev–Trinajstić information content (AvgIpc) is 2.41. The summed E-state index contributed by atoms with van der Waals surface area (Å²) in [5.74, 6) is 1.19. The summed E-state index contributed by atoms with van der Waals surface area (Å²) in [5, 5.41) is 6.76. The minimum Gasteiger partial charge on any atom is -0.365 e. The molecule has 2 rings (SSSR count). The lowest BCUT2D eigenvalue weighted by molar-refractivity contribution is 1.03. The molecule has 0 aliphatic carbocycles. The molecule has 0 aliphatic heterocycles. The van der Waals surface area contributed by atoms with Crippen molar-refractivity contribution in [1.82, 2.24) is 15.0 Å². The fourth-order valence-electron chi connectivity index (χ4n) is 1.60. The van der Waals surface area contributed by atoms with Crippen LogP contribution < -0.4 is 10.6 Å². The number of rotatable bonds is 5. The number of hydrogen-bond acceptors (Lipinski definition) is 5. The maximum Gasteiger partial charge on any atom is 0.224 e. The lowest BCUT2D eigenvalue weighted by Crippen LogP contribution is -2.07. The highest BCUT2D eigenvalue weighted by Crippen LogP contribution is 2.20. The molecule has 2 heterocycles. The third-order valence-corrected chi connectivity index (χ3v) is 2.95. The molecule has 0 fully saturated rings. The standard InChI is InChI=1S/C13H16ClN5/c1-3-16-13-18-8-11(14)12(19-13)17-7-10-6-15-5-4-9(10)2/h4-6,8H,3,7H2,1-2H3,(H2,16,17,18,19). The largest absolute Gasteiger partial charge is 0.365 e. The Hall–Kier alpha value is -1.88. The number of nitrogens with zero attached hydrogens (tertiary/aromatic N) is 3. The van der Waals surface area contributed by atoms with Gasteiger partial charge in [0.05, 0.1) is 6.20 Å². The SMILES string of the molecule is CCNc1ncc(Cl)c(NCc2cnccc2C)n1. The molecule has 0 saturated carbocycles. The summed E-state index contributed by atoms with van der Waals surface area (Å²) in [4.78, 5) is 12.5. The van der Waals surface area contributed by atoms with Crippen molar-refractivity contribution in [2.75, 3.05) is 17.2 Å². The van der Waals surface area contributed by atoms with Crippen LogP contribution in [0.3, 0.4) is 0 Å². The predicted molar refractivity (Wildman–Crippen MR) is 77.5 cm³/mol. The summed E-state index contributed by atoms with van der Waals surface area (Å²) in [6, 6.07) is 1.97. The van der Waals surface area contributed by atoms with Crippen LogP contribution in [-0.2, 0) is 6.54 Å². The molecular formula is C13H16ClN5. The molecule has 5 nitrogen and oxygen atoms in total. The molecule has 0 radical (unpaired) electrons. The number of anilines is 2. The van der Waals surface area contributed by atoms with Crippen LogP contribution in [0.2, 0.25) is 5.02 Å². The van der Waals surface area contributed by atoms with Crippen LogP contribution in [0.4, 0.5) is 11.8 Å². The van der Waals surface area contributed by atoms with Crippen molar-refractivity contribution in [1.29, 1.82) is 0 Å². The molecule has 2 aromatic rings. The van der Waals surface area contributed by atoms with E-state index in [0.717, 1.165) is 12.1 Å². The van der Waals surface area contributed by atoms with Gasteiger partial charge >= 0.3 is 0 Å². The maximum atomic E-state index is 6.07.